The zero-order valence-electron chi connectivity index (χ0n) is 6.43. The summed E-state index contributed by atoms with van der Waals surface area (Å²) in [7, 11) is 0. The minimum absolute atomic E-state index is 0. The van der Waals surface area contributed by atoms with Gasteiger partial charge in [-0.25, -0.2) is 4.79 Å². The van der Waals surface area contributed by atoms with Gasteiger partial charge in [-0.3, -0.25) is 10.1 Å². The number of hydrogen-bond acceptors (Lipinski definition) is 3. The van der Waals surface area contributed by atoms with Crippen LogP contribution in [0.3, 0.4) is 0 Å². The molecular formula is C7H4NO4Y-. The van der Waals surface area contributed by atoms with Crippen LogP contribution in [0.25, 0.3) is 0 Å². The number of nitro groups is 1. The fourth-order valence-corrected chi connectivity index (χ4v) is 0.692. The van der Waals surface area contributed by atoms with Gasteiger partial charge in [0.1, 0.15) is 0 Å². The van der Waals surface area contributed by atoms with Crippen LogP contribution in [0.5, 0.6) is 0 Å². The Bertz CT molecular complexity index is 310. The van der Waals surface area contributed by atoms with Crippen molar-refractivity contribution in [1.29, 1.82) is 0 Å². The summed E-state index contributed by atoms with van der Waals surface area (Å²) in [6.07, 6.45) is 0. The Morgan fingerprint density at radius 1 is 1.62 bits per heavy atom. The van der Waals surface area contributed by atoms with Crippen LogP contribution in [0, 0.1) is 16.2 Å². The molecule has 65 valence electrons. The molecule has 0 saturated heterocycles. The molecule has 0 aromatic heterocycles. The SMILES string of the molecule is O=C(O)c1cc[c-]c([N+](=O)[O-])c1.[Y]. The molecule has 1 aromatic carbocycles. The van der Waals surface area contributed by atoms with Crippen molar-refractivity contribution in [3.63, 3.8) is 0 Å². The van der Waals surface area contributed by atoms with Crippen molar-refractivity contribution in [3.8, 4) is 0 Å². The normalized spacial score (nSPS) is 8.62. The zero-order chi connectivity index (χ0) is 9.14. The molecule has 0 amide bonds. The second-order valence-corrected chi connectivity index (χ2v) is 2.02. The number of benzene rings is 1. The topological polar surface area (TPSA) is 80.4 Å². The van der Waals surface area contributed by atoms with Crippen molar-refractivity contribution in [3.05, 3.63) is 39.9 Å². The second kappa shape index (κ2) is 5.04. The van der Waals surface area contributed by atoms with Crippen LogP contribution in [0.15, 0.2) is 18.2 Å². The van der Waals surface area contributed by atoms with Gasteiger partial charge in [0, 0.05) is 37.6 Å². The van der Waals surface area contributed by atoms with Crippen molar-refractivity contribution >= 4 is 11.7 Å². The van der Waals surface area contributed by atoms with Crippen LogP contribution >= 0.6 is 0 Å². The van der Waals surface area contributed by atoms with Crippen molar-refractivity contribution in [2.45, 2.75) is 0 Å². The molecule has 0 saturated carbocycles. The molecule has 0 bridgehead atoms. The molecule has 1 aromatic rings. The summed E-state index contributed by atoms with van der Waals surface area (Å²) in [6.45, 7) is 0. The maximum atomic E-state index is 10.3. The van der Waals surface area contributed by atoms with E-state index in [1.54, 1.807) is 0 Å². The largest absolute Gasteiger partial charge is 0.479 e. The maximum Gasteiger partial charge on any atom is 0.311 e. The van der Waals surface area contributed by atoms with Crippen molar-refractivity contribution in [2.75, 3.05) is 0 Å². The summed E-state index contributed by atoms with van der Waals surface area (Å²) < 4.78 is 0. The summed E-state index contributed by atoms with van der Waals surface area (Å²) >= 11 is 0. The summed E-state index contributed by atoms with van der Waals surface area (Å²) in [5.41, 5.74) is -0.449. The van der Waals surface area contributed by atoms with E-state index >= 15 is 0 Å². The van der Waals surface area contributed by atoms with E-state index in [1.807, 2.05) is 0 Å². The minimum Gasteiger partial charge on any atom is -0.479 e. The van der Waals surface area contributed by atoms with Gasteiger partial charge in [-0.05, 0) is 5.56 Å². The molecule has 0 atom stereocenters. The smallest absolute Gasteiger partial charge is 0.311 e. The fraction of sp³-hybridized carbons (Fsp3) is 0. The second-order valence-electron chi connectivity index (χ2n) is 2.02. The number of non-ortho nitro benzene ring substituents is 1. The third kappa shape index (κ3) is 3.20. The van der Waals surface area contributed by atoms with Gasteiger partial charge in [-0.15, -0.1) is 6.07 Å². The Kier molecular flexibility index (Phi) is 4.73. The molecule has 0 fully saturated rings. The number of nitro benzene ring substituents is 1. The van der Waals surface area contributed by atoms with Gasteiger partial charge in [0.05, 0.1) is 0 Å². The van der Waals surface area contributed by atoms with Crippen LogP contribution in [-0.2, 0) is 32.7 Å². The first-order chi connectivity index (χ1) is 5.61. The number of hydrogen-bond donors (Lipinski definition) is 1. The summed E-state index contributed by atoms with van der Waals surface area (Å²) in [6, 6.07) is 5.72. The first-order valence-electron chi connectivity index (χ1n) is 3.00. The molecule has 1 N–H and O–H groups in total. The van der Waals surface area contributed by atoms with E-state index in [2.05, 4.69) is 6.07 Å². The number of carboxylic acids is 1. The van der Waals surface area contributed by atoms with Gasteiger partial charge in [0.15, 0.2) is 5.69 Å². The van der Waals surface area contributed by atoms with Crippen molar-refractivity contribution < 1.29 is 47.5 Å². The molecule has 1 rings (SSSR count). The van der Waals surface area contributed by atoms with E-state index < -0.39 is 10.9 Å². The van der Waals surface area contributed by atoms with Crippen molar-refractivity contribution in [1.82, 2.24) is 0 Å². The average molecular weight is 255 g/mol. The quantitative estimate of drug-likeness (QED) is 0.487. The van der Waals surface area contributed by atoms with E-state index in [4.69, 9.17) is 5.11 Å². The fourth-order valence-electron chi connectivity index (χ4n) is 0.692. The maximum absolute atomic E-state index is 10.3. The van der Waals surface area contributed by atoms with E-state index in [0.29, 0.717) is 0 Å². The van der Waals surface area contributed by atoms with Gasteiger partial charge in [0.2, 0.25) is 0 Å². The molecule has 6 heteroatoms. The van der Waals surface area contributed by atoms with Crippen LogP contribution in [-0.4, -0.2) is 16.0 Å². The summed E-state index contributed by atoms with van der Waals surface area (Å²) in [5, 5.41) is 18.6. The van der Waals surface area contributed by atoms with Crippen LogP contribution in [0.1, 0.15) is 10.4 Å². The van der Waals surface area contributed by atoms with Gasteiger partial charge in [-0.1, -0.05) is 6.07 Å². The zero-order valence-corrected chi connectivity index (χ0v) is 9.27. The molecular weight excluding hydrogens is 251 g/mol. The predicted octanol–water partition coefficient (Wildman–Crippen LogP) is 1.09. The standard InChI is InChI=1S/C7H4NO4.Y/c9-7(10)5-2-1-3-6(4-5)8(11)12;/h1-2,4H,(H,9,10);/q-1;. The number of carbonyl (C=O) groups is 1. The van der Waals surface area contributed by atoms with E-state index in [-0.39, 0.29) is 44.0 Å². The van der Waals surface area contributed by atoms with E-state index in [9.17, 15) is 14.9 Å². The summed E-state index contributed by atoms with van der Waals surface area (Å²) in [5.74, 6) is -1.19. The number of nitrogens with zero attached hydrogens (tertiary/aromatic N) is 1. The molecule has 1 radical (unpaired) electrons. The molecule has 0 heterocycles. The Morgan fingerprint density at radius 3 is 2.69 bits per heavy atom. The van der Waals surface area contributed by atoms with Gasteiger partial charge in [0.25, 0.3) is 0 Å². The van der Waals surface area contributed by atoms with Crippen LogP contribution in [0.4, 0.5) is 5.69 Å². The first kappa shape index (κ1) is 12.2. The third-order valence-corrected chi connectivity index (χ3v) is 1.23. The Balaban J connectivity index is 0.00000144. The molecule has 13 heavy (non-hydrogen) atoms. The van der Waals surface area contributed by atoms with E-state index in [0.717, 1.165) is 6.07 Å². The van der Waals surface area contributed by atoms with Gasteiger partial charge >= 0.3 is 5.97 Å². The molecule has 0 spiro atoms. The Hall–Kier alpha value is -0.806. The van der Waals surface area contributed by atoms with Crippen molar-refractivity contribution in [2.24, 2.45) is 0 Å². The molecule has 0 aliphatic carbocycles. The Labute approximate surface area is 98.8 Å². The Morgan fingerprint density at radius 2 is 2.23 bits per heavy atom. The minimum atomic E-state index is -1.19. The third-order valence-electron chi connectivity index (χ3n) is 1.23. The number of aromatic carboxylic acids is 1. The number of carboxylic acid groups (broad SMARTS) is 1. The van der Waals surface area contributed by atoms with Gasteiger partial charge < -0.3 is 5.11 Å². The summed E-state index contributed by atoms with van der Waals surface area (Å²) in [4.78, 5) is 19.8. The molecule has 5 nitrogen and oxygen atoms in total. The van der Waals surface area contributed by atoms with Crippen LogP contribution < -0.4 is 0 Å². The average Bonchev–Trinajstić information content (AvgIpc) is 2.04. The van der Waals surface area contributed by atoms with Gasteiger partial charge in [-0.2, -0.15) is 12.1 Å². The van der Waals surface area contributed by atoms with E-state index in [1.165, 1.54) is 12.1 Å². The number of rotatable bonds is 2. The molecule has 0 aliphatic rings. The van der Waals surface area contributed by atoms with Crippen LogP contribution in [0.2, 0.25) is 0 Å². The monoisotopic (exact) mass is 255 g/mol. The predicted molar refractivity (Wildman–Crippen MR) is 38.9 cm³/mol. The molecule has 0 aliphatic heterocycles. The first-order valence-corrected chi connectivity index (χ1v) is 3.00. The molecule has 0 unspecified atom stereocenters.